The first kappa shape index (κ1) is 14.5. The number of nitrogens with one attached hydrogen (secondary N) is 4. The molecule has 0 bridgehead atoms. The monoisotopic (exact) mass is 293 g/mol. The average Bonchev–Trinajstić information content (AvgIpc) is 3.10. The number of carboxylic acid groups (broad SMARTS) is 1. The topological polar surface area (TPSA) is 149 Å². The van der Waals surface area contributed by atoms with Crippen molar-refractivity contribution >= 4 is 12.0 Å². The second-order valence-corrected chi connectivity index (χ2v) is 4.38. The molecule has 2 rings (SSSR count). The summed E-state index contributed by atoms with van der Waals surface area (Å²) in [5.41, 5.74) is 0.617. The third-order valence-corrected chi connectivity index (χ3v) is 2.77. The summed E-state index contributed by atoms with van der Waals surface area (Å²) in [7, 11) is 0. The Morgan fingerprint density at radius 3 is 2.81 bits per heavy atom. The van der Waals surface area contributed by atoms with Gasteiger partial charge >= 0.3 is 12.0 Å². The van der Waals surface area contributed by atoms with Crippen molar-refractivity contribution in [2.24, 2.45) is 0 Å². The number of hydrogen-bond acceptors (Lipinski definition) is 5. The molecule has 112 valence electrons. The van der Waals surface area contributed by atoms with Gasteiger partial charge in [0.15, 0.2) is 0 Å². The predicted octanol–water partition coefficient (Wildman–Crippen LogP) is -0.416. The summed E-state index contributed by atoms with van der Waals surface area (Å²) in [6.07, 6.45) is 4.39. The predicted molar refractivity (Wildman–Crippen MR) is 70.2 cm³/mol. The Hall–Kier alpha value is -2.91. The smallest absolute Gasteiger partial charge is 0.326 e. The van der Waals surface area contributed by atoms with Crippen LogP contribution in [0.2, 0.25) is 0 Å². The highest BCUT2D eigenvalue weighted by Gasteiger charge is 2.22. The fourth-order valence-electron chi connectivity index (χ4n) is 1.70. The van der Waals surface area contributed by atoms with Gasteiger partial charge < -0.3 is 20.7 Å². The van der Waals surface area contributed by atoms with Gasteiger partial charge in [0.25, 0.3) is 0 Å². The summed E-state index contributed by atoms with van der Waals surface area (Å²) < 4.78 is 0. The number of amides is 2. The zero-order valence-corrected chi connectivity index (χ0v) is 11.2. The number of carbonyl (C=O) groups is 2. The molecule has 0 radical (unpaired) electrons. The van der Waals surface area contributed by atoms with E-state index < -0.39 is 24.1 Å². The zero-order valence-electron chi connectivity index (χ0n) is 11.2. The Kier molecular flexibility index (Phi) is 4.49. The van der Waals surface area contributed by atoms with E-state index in [4.69, 9.17) is 5.11 Å². The van der Waals surface area contributed by atoms with E-state index in [1.54, 1.807) is 6.92 Å². The second kappa shape index (κ2) is 6.50. The van der Waals surface area contributed by atoms with Crippen molar-refractivity contribution in [3.05, 3.63) is 30.4 Å². The second-order valence-electron chi connectivity index (χ2n) is 4.38. The molecular weight excluding hydrogens is 278 g/mol. The van der Waals surface area contributed by atoms with E-state index >= 15 is 0 Å². The highest BCUT2D eigenvalue weighted by molar-refractivity contribution is 5.82. The molecule has 2 aromatic heterocycles. The van der Waals surface area contributed by atoms with E-state index in [1.807, 2.05) is 0 Å². The first-order valence-electron chi connectivity index (χ1n) is 6.18. The first-order chi connectivity index (χ1) is 10.1. The molecular formula is C11H15N7O3. The SMILES string of the molecule is CC(NC(=O)NC(Cc1cnc[nH]1)C(=O)O)c1ncn[nH]1. The Balaban J connectivity index is 1.90. The molecule has 2 aromatic rings. The van der Waals surface area contributed by atoms with E-state index in [0.29, 0.717) is 11.5 Å². The number of urea groups is 1. The Bertz CT molecular complexity index is 581. The molecule has 0 aromatic carbocycles. The number of aliphatic carboxylic acids is 1. The van der Waals surface area contributed by atoms with Gasteiger partial charge in [-0.15, -0.1) is 0 Å². The van der Waals surface area contributed by atoms with Crippen LogP contribution in [0.25, 0.3) is 0 Å². The number of aromatic nitrogens is 5. The standard InChI is InChI=1S/C11H15N7O3/c1-6(9-14-5-15-18-9)16-11(21)17-8(10(19)20)2-7-3-12-4-13-7/h3-6,8H,2H2,1H3,(H,12,13)(H,19,20)(H,14,15,18)(H2,16,17,21). The lowest BCUT2D eigenvalue weighted by molar-refractivity contribution is -0.139. The quantitative estimate of drug-likeness (QED) is 0.488. The summed E-state index contributed by atoms with van der Waals surface area (Å²) in [4.78, 5) is 33.5. The van der Waals surface area contributed by atoms with Crippen molar-refractivity contribution in [2.45, 2.75) is 25.4 Å². The molecule has 0 saturated heterocycles. The van der Waals surface area contributed by atoms with Crippen LogP contribution in [0.4, 0.5) is 4.79 Å². The molecule has 0 aliphatic rings. The van der Waals surface area contributed by atoms with Crippen LogP contribution < -0.4 is 10.6 Å². The van der Waals surface area contributed by atoms with Gasteiger partial charge in [-0.3, -0.25) is 5.10 Å². The number of H-pyrrole nitrogens is 2. The van der Waals surface area contributed by atoms with Gasteiger partial charge in [0.05, 0.1) is 12.4 Å². The Morgan fingerprint density at radius 1 is 1.43 bits per heavy atom. The van der Waals surface area contributed by atoms with Gasteiger partial charge in [-0.2, -0.15) is 5.10 Å². The number of hydrogen-bond donors (Lipinski definition) is 5. The number of aromatic amines is 2. The number of imidazole rings is 1. The van der Waals surface area contributed by atoms with Crippen LogP contribution in [-0.2, 0) is 11.2 Å². The van der Waals surface area contributed by atoms with Crippen molar-refractivity contribution < 1.29 is 14.7 Å². The maximum Gasteiger partial charge on any atom is 0.326 e. The van der Waals surface area contributed by atoms with Crippen LogP contribution in [0.1, 0.15) is 24.5 Å². The van der Waals surface area contributed by atoms with Crippen LogP contribution in [0, 0.1) is 0 Å². The third kappa shape index (κ3) is 4.03. The zero-order chi connectivity index (χ0) is 15.2. The van der Waals surface area contributed by atoms with Gasteiger partial charge in [0.2, 0.25) is 0 Å². The van der Waals surface area contributed by atoms with Gasteiger partial charge in [0.1, 0.15) is 18.2 Å². The minimum Gasteiger partial charge on any atom is -0.480 e. The summed E-state index contributed by atoms with van der Waals surface area (Å²) in [6, 6.07) is -2.09. The van der Waals surface area contributed by atoms with E-state index in [9.17, 15) is 9.59 Å². The molecule has 0 fully saturated rings. The van der Waals surface area contributed by atoms with Crippen molar-refractivity contribution in [3.63, 3.8) is 0 Å². The molecule has 0 spiro atoms. The molecule has 2 atom stereocenters. The van der Waals surface area contributed by atoms with Gasteiger partial charge in [0, 0.05) is 18.3 Å². The molecule has 0 aliphatic carbocycles. The highest BCUT2D eigenvalue weighted by Crippen LogP contribution is 2.04. The van der Waals surface area contributed by atoms with Crippen LogP contribution in [-0.4, -0.2) is 48.3 Å². The molecule has 0 aliphatic heterocycles. The molecule has 2 unspecified atom stereocenters. The molecule has 21 heavy (non-hydrogen) atoms. The molecule has 5 N–H and O–H groups in total. The maximum absolute atomic E-state index is 11.8. The average molecular weight is 293 g/mol. The lowest BCUT2D eigenvalue weighted by Gasteiger charge is -2.16. The van der Waals surface area contributed by atoms with E-state index in [2.05, 4.69) is 35.8 Å². The summed E-state index contributed by atoms with van der Waals surface area (Å²) in [6.45, 7) is 1.70. The molecule has 2 heterocycles. The molecule has 0 saturated carbocycles. The number of carbonyl (C=O) groups excluding carboxylic acids is 1. The van der Waals surface area contributed by atoms with Crippen molar-refractivity contribution in [2.75, 3.05) is 0 Å². The van der Waals surface area contributed by atoms with Crippen molar-refractivity contribution in [3.8, 4) is 0 Å². The molecule has 2 amide bonds. The fourth-order valence-corrected chi connectivity index (χ4v) is 1.70. The van der Waals surface area contributed by atoms with E-state index in [-0.39, 0.29) is 6.42 Å². The van der Waals surface area contributed by atoms with Crippen LogP contribution >= 0.6 is 0 Å². The van der Waals surface area contributed by atoms with E-state index in [0.717, 1.165) is 0 Å². The summed E-state index contributed by atoms with van der Waals surface area (Å²) in [5.74, 6) is -0.655. The van der Waals surface area contributed by atoms with Crippen molar-refractivity contribution in [1.82, 2.24) is 35.8 Å². The Morgan fingerprint density at radius 2 is 2.24 bits per heavy atom. The van der Waals surface area contributed by atoms with Crippen molar-refractivity contribution in [1.29, 1.82) is 0 Å². The minimum atomic E-state index is -1.13. The van der Waals surface area contributed by atoms with E-state index in [1.165, 1.54) is 18.9 Å². The first-order valence-corrected chi connectivity index (χ1v) is 6.18. The summed E-state index contributed by atoms with van der Waals surface area (Å²) >= 11 is 0. The van der Waals surface area contributed by atoms with Gasteiger partial charge in [-0.1, -0.05) is 0 Å². The highest BCUT2D eigenvalue weighted by atomic mass is 16.4. The Labute approximate surface area is 119 Å². The molecule has 10 nitrogen and oxygen atoms in total. The maximum atomic E-state index is 11.8. The third-order valence-electron chi connectivity index (χ3n) is 2.77. The fraction of sp³-hybridized carbons (Fsp3) is 0.364. The molecule has 10 heteroatoms. The normalized spacial score (nSPS) is 13.4. The number of nitrogens with zero attached hydrogens (tertiary/aromatic N) is 3. The van der Waals surface area contributed by atoms with Gasteiger partial charge in [-0.25, -0.2) is 19.6 Å². The minimum absolute atomic E-state index is 0.111. The van der Waals surface area contributed by atoms with Crippen LogP contribution in [0.3, 0.4) is 0 Å². The van der Waals surface area contributed by atoms with Crippen LogP contribution in [0.5, 0.6) is 0 Å². The summed E-state index contributed by atoms with van der Waals surface area (Å²) in [5, 5.41) is 20.4. The number of carboxylic acids is 1. The number of rotatable bonds is 6. The van der Waals surface area contributed by atoms with Crippen LogP contribution in [0.15, 0.2) is 18.9 Å². The van der Waals surface area contributed by atoms with Gasteiger partial charge in [-0.05, 0) is 6.92 Å². The lowest BCUT2D eigenvalue weighted by atomic mass is 10.1. The largest absolute Gasteiger partial charge is 0.480 e. The lowest BCUT2D eigenvalue weighted by Crippen LogP contribution is -2.47.